The first-order valence-corrected chi connectivity index (χ1v) is 13.2. The molecule has 0 bridgehead atoms. The van der Waals surface area contributed by atoms with E-state index in [0.717, 1.165) is 31.8 Å². The largest absolute Gasteiger partial charge is 1.00 e. The molecule has 1 aliphatic heterocycles. The summed E-state index contributed by atoms with van der Waals surface area (Å²) in [6.45, 7) is 15.1. The molecule has 2 radical (unpaired) electrons. The van der Waals surface area contributed by atoms with Crippen molar-refractivity contribution in [2.75, 3.05) is 13.2 Å². The number of para-hydroxylation sites is 2. The van der Waals surface area contributed by atoms with Gasteiger partial charge in [-0.3, -0.25) is 0 Å². The van der Waals surface area contributed by atoms with Crippen molar-refractivity contribution in [3.8, 4) is 11.4 Å². The van der Waals surface area contributed by atoms with Crippen molar-refractivity contribution < 1.29 is 26.3 Å². The first-order valence-electron chi connectivity index (χ1n) is 13.2. The molecular formula is C30H46BBrN4O. The third kappa shape index (κ3) is 16.7. The molecule has 0 spiro atoms. The molecule has 0 unspecified atom stereocenters. The molecule has 1 fully saturated rings. The fraction of sp³-hybridized carbons (Fsp3) is 0.400. The zero-order valence-electron chi connectivity index (χ0n) is 23.6. The number of ether oxygens (including phenoxy) is 1. The van der Waals surface area contributed by atoms with Crippen LogP contribution in [0.2, 0.25) is 6.32 Å². The summed E-state index contributed by atoms with van der Waals surface area (Å²) in [5, 5.41) is 0. The van der Waals surface area contributed by atoms with Crippen molar-refractivity contribution in [3.05, 3.63) is 98.1 Å². The average Bonchev–Trinajstić information content (AvgIpc) is 3.77. The highest BCUT2D eigenvalue weighted by atomic mass is 79.9. The Kier molecular flexibility index (Phi) is 26.1. The van der Waals surface area contributed by atoms with Gasteiger partial charge in [-0.2, -0.15) is 0 Å². The minimum atomic E-state index is 0. The van der Waals surface area contributed by atoms with Crippen molar-refractivity contribution in [2.24, 2.45) is 0 Å². The molecule has 1 aliphatic rings. The number of hydrogen-bond acceptors (Lipinski definition) is 2. The molecule has 5 nitrogen and oxygen atoms in total. The molecule has 3 heterocycles. The Morgan fingerprint density at radius 2 is 1.30 bits per heavy atom. The van der Waals surface area contributed by atoms with Crippen LogP contribution in [-0.4, -0.2) is 35.2 Å². The average molecular weight is 569 g/mol. The molecule has 2 aromatic carbocycles. The lowest BCUT2D eigenvalue weighted by Gasteiger charge is -1.98. The molecule has 0 amide bonds. The van der Waals surface area contributed by atoms with Crippen LogP contribution >= 0.6 is 0 Å². The third-order valence-corrected chi connectivity index (χ3v) is 4.50. The van der Waals surface area contributed by atoms with Crippen molar-refractivity contribution in [1.29, 1.82) is 0 Å². The van der Waals surface area contributed by atoms with Crippen LogP contribution in [0.25, 0.3) is 11.4 Å². The number of hydrogen-bond donors (Lipinski definition) is 0. The van der Waals surface area contributed by atoms with Gasteiger partial charge in [0.15, 0.2) is 0 Å². The molecular weight excluding hydrogens is 523 g/mol. The fourth-order valence-corrected chi connectivity index (χ4v) is 2.86. The fourth-order valence-electron chi connectivity index (χ4n) is 2.86. The smallest absolute Gasteiger partial charge is 0.248 e. The van der Waals surface area contributed by atoms with E-state index in [2.05, 4.69) is 51.9 Å². The zero-order chi connectivity index (χ0) is 26.9. The molecule has 1 saturated heterocycles. The van der Waals surface area contributed by atoms with Gasteiger partial charge in [0.25, 0.3) is 0 Å². The summed E-state index contributed by atoms with van der Waals surface area (Å²) in [6.07, 6.45) is 15.0. The first-order chi connectivity index (χ1) is 17.8. The van der Waals surface area contributed by atoms with Crippen LogP contribution in [0.15, 0.2) is 98.1 Å². The van der Waals surface area contributed by atoms with Crippen molar-refractivity contribution >= 4 is 7.85 Å². The molecule has 5 rings (SSSR count). The van der Waals surface area contributed by atoms with Crippen molar-refractivity contribution in [3.63, 3.8) is 0 Å². The van der Waals surface area contributed by atoms with Crippen LogP contribution in [-0.2, 0) is 11.3 Å². The van der Waals surface area contributed by atoms with Gasteiger partial charge in [0, 0.05) is 31.3 Å². The van der Waals surface area contributed by atoms with Gasteiger partial charge >= 0.3 is 0 Å². The van der Waals surface area contributed by atoms with E-state index in [1.165, 1.54) is 18.5 Å². The lowest BCUT2D eigenvalue weighted by atomic mass is 10.1. The van der Waals surface area contributed by atoms with Crippen LogP contribution < -0.4 is 21.5 Å². The number of imidazole rings is 2. The monoisotopic (exact) mass is 568 g/mol. The van der Waals surface area contributed by atoms with Gasteiger partial charge in [-0.15, -0.1) is 0 Å². The lowest BCUT2D eigenvalue weighted by Crippen LogP contribution is -3.00. The second-order valence-electron chi connectivity index (χ2n) is 7.02. The minimum absolute atomic E-state index is 0. The topological polar surface area (TPSA) is 35.9 Å². The Morgan fingerprint density at radius 1 is 0.811 bits per heavy atom. The highest BCUT2D eigenvalue weighted by molar-refractivity contribution is 6.08. The van der Waals surface area contributed by atoms with Crippen LogP contribution in [0, 0.1) is 0 Å². The molecule has 37 heavy (non-hydrogen) atoms. The Morgan fingerprint density at radius 3 is 1.65 bits per heavy atom. The maximum absolute atomic E-state index is 4.94. The summed E-state index contributed by atoms with van der Waals surface area (Å²) in [5.41, 5.74) is 2.35. The van der Waals surface area contributed by atoms with Crippen LogP contribution in [0.5, 0.6) is 0 Å². The molecule has 202 valence electrons. The predicted molar refractivity (Wildman–Crippen MR) is 154 cm³/mol. The summed E-state index contributed by atoms with van der Waals surface area (Å²) in [7, 11) is 4.85. The lowest BCUT2D eigenvalue weighted by molar-refractivity contribution is -0.692. The standard InChI is InChI=1S/C11H13N2.C9H8N2.C4H8O.C2H5B.2C2H6.BrH/c1-2-12-8-9-13(10-12)11-6-4-3-5-7-11;1-2-4-9(5-3-1)11-7-6-10-8-11;1-2-4-5-3-1;1-2-3;2*1-2;/h3-10H,2H2,1H3;1-8H;1-4H2;2H2,1H3;2*1-2H3;1H/q+1;;;;;;/p-1. The van der Waals surface area contributed by atoms with Crippen molar-refractivity contribution in [2.45, 2.75) is 67.2 Å². The number of nitrogens with zero attached hydrogens (tertiary/aromatic N) is 4. The van der Waals surface area contributed by atoms with Gasteiger partial charge in [0.1, 0.15) is 18.1 Å². The Labute approximate surface area is 237 Å². The number of aryl methyl sites for hydroxylation is 1. The highest BCUT2D eigenvalue weighted by Gasteiger charge is 2.02. The summed E-state index contributed by atoms with van der Waals surface area (Å²) >= 11 is 0. The molecule has 2 aromatic heterocycles. The van der Waals surface area contributed by atoms with E-state index < -0.39 is 0 Å². The minimum Gasteiger partial charge on any atom is -1.00 e. The van der Waals surface area contributed by atoms with Crippen LogP contribution in [0.3, 0.4) is 0 Å². The van der Waals surface area contributed by atoms with Crippen molar-refractivity contribution in [1.82, 2.24) is 14.1 Å². The normalized spacial score (nSPS) is 10.5. The number of rotatable bonds is 3. The van der Waals surface area contributed by atoms with E-state index in [1.807, 2.05) is 93.9 Å². The summed E-state index contributed by atoms with van der Waals surface area (Å²) in [4.78, 5) is 3.96. The van der Waals surface area contributed by atoms with E-state index in [0.29, 0.717) is 0 Å². The maximum atomic E-state index is 4.94. The molecule has 0 aliphatic carbocycles. The van der Waals surface area contributed by atoms with E-state index in [4.69, 9.17) is 12.6 Å². The summed E-state index contributed by atoms with van der Waals surface area (Å²) < 4.78 is 11.2. The van der Waals surface area contributed by atoms with E-state index in [1.54, 1.807) is 12.5 Å². The molecule has 4 aromatic rings. The number of halogens is 1. The van der Waals surface area contributed by atoms with E-state index >= 15 is 0 Å². The van der Waals surface area contributed by atoms with Gasteiger partial charge in [-0.25, -0.2) is 14.1 Å². The SMILES string of the molecule is C1CCOC1.CC.CC.CC[n+]1ccn(-c2ccccc2)c1.[B]CC.[Br-].c1ccc(-n2ccnc2)cc1. The quantitative estimate of drug-likeness (QED) is 0.275. The number of aromatic nitrogens is 4. The molecule has 0 saturated carbocycles. The number of benzene rings is 2. The third-order valence-electron chi connectivity index (χ3n) is 4.50. The Balaban J connectivity index is 0. The van der Waals surface area contributed by atoms with Gasteiger partial charge in [0.05, 0.1) is 20.7 Å². The Bertz CT molecular complexity index is 937. The molecule has 7 heteroatoms. The maximum Gasteiger partial charge on any atom is 0.248 e. The van der Waals surface area contributed by atoms with Gasteiger partial charge < -0.3 is 26.3 Å². The van der Waals surface area contributed by atoms with Gasteiger partial charge in [-0.05, 0) is 44.0 Å². The predicted octanol–water partition coefficient (Wildman–Crippen LogP) is 4.10. The summed E-state index contributed by atoms with van der Waals surface area (Å²) in [6, 6.07) is 20.4. The molecule has 0 atom stereocenters. The van der Waals surface area contributed by atoms with Crippen LogP contribution in [0.4, 0.5) is 0 Å². The molecule has 0 N–H and O–H groups in total. The zero-order valence-corrected chi connectivity index (χ0v) is 25.2. The van der Waals surface area contributed by atoms with Crippen LogP contribution in [0.1, 0.15) is 54.4 Å². The van der Waals surface area contributed by atoms with Gasteiger partial charge in [-0.1, -0.05) is 77.3 Å². The second kappa shape index (κ2) is 26.4. The summed E-state index contributed by atoms with van der Waals surface area (Å²) in [5.74, 6) is 0. The van der Waals surface area contributed by atoms with E-state index in [9.17, 15) is 0 Å². The Hall–Kier alpha value is -2.64. The highest BCUT2D eigenvalue weighted by Crippen LogP contribution is 2.05. The van der Waals surface area contributed by atoms with Gasteiger partial charge in [0.2, 0.25) is 6.33 Å². The first kappa shape index (κ1) is 36.5. The second-order valence-corrected chi connectivity index (χ2v) is 7.02. The van der Waals surface area contributed by atoms with E-state index in [-0.39, 0.29) is 17.0 Å².